The first-order chi connectivity index (χ1) is 13.1. The Bertz CT molecular complexity index is 672. The third-order valence-corrected chi connectivity index (χ3v) is 4.03. The Balaban J connectivity index is 2.67. The number of benzene rings is 1. The van der Waals surface area contributed by atoms with E-state index in [4.69, 9.17) is 14.2 Å². The van der Waals surface area contributed by atoms with Gasteiger partial charge in [-0.15, -0.1) is 0 Å². The molecule has 0 aliphatic carbocycles. The molecule has 156 valence electrons. The van der Waals surface area contributed by atoms with Crippen molar-refractivity contribution in [2.75, 3.05) is 20.8 Å². The first kappa shape index (κ1) is 23.3. The molecule has 0 heterocycles. The van der Waals surface area contributed by atoms with Gasteiger partial charge in [0.2, 0.25) is 0 Å². The fraction of sp³-hybridized carbons (Fsp3) is 0.550. The van der Waals surface area contributed by atoms with E-state index < -0.39 is 18.0 Å². The van der Waals surface area contributed by atoms with Crippen molar-refractivity contribution in [1.82, 2.24) is 10.2 Å². The topological polar surface area (TPSA) is 94.2 Å². The van der Waals surface area contributed by atoms with Crippen LogP contribution in [0.1, 0.15) is 45.0 Å². The van der Waals surface area contributed by atoms with E-state index in [1.54, 1.807) is 11.0 Å². The molecule has 0 aromatic heterocycles. The number of hydrogen-bond donors (Lipinski definition) is 1. The number of ether oxygens (including phenoxy) is 3. The van der Waals surface area contributed by atoms with Crippen LogP contribution in [0.15, 0.2) is 18.2 Å². The molecule has 28 heavy (non-hydrogen) atoms. The Labute approximate surface area is 166 Å². The zero-order valence-corrected chi connectivity index (χ0v) is 17.6. The van der Waals surface area contributed by atoms with E-state index in [0.29, 0.717) is 11.5 Å². The number of nitrogens with one attached hydrogen (secondary N) is 1. The molecule has 0 aliphatic heterocycles. The van der Waals surface area contributed by atoms with Crippen LogP contribution < -0.4 is 14.8 Å². The van der Waals surface area contributed by atoms with Gasteiger partial charge in [-0.3, -0.25) is 14.4 Å². The Morgan fingerprint density at radius 2 is 1.43 bits per heavy atom. The number of nitrogens with zero attached hydrogens (tertiary/aromatic N) is 1. The minimum Gasteiger partial charge on any atom is -0.497 e. The third kappa shape index (κ3) is 6.44. The van der Waals surface area contributed by atoms with Gasteiger partial charge < -0.3 is 24.4 Å². The summed E-state index contributed by atoms with van der Waals surface area (Å²) < 4.78 is 15.4. The lowest BCUT2D eigenvalue weighted by atomic mass is 10.2. The summed E-state index contributed by atoms with van der Waals surface area (Å²) in [5.41, 5.74) is 0.277. The number of methoxy groups -OCH3 is 2. The van der Waals surface area contributed by atoms with Gasteiger partial charge in [-0.1, -0.05) is 0 Å². The second kappa shape index (κ2) is 10.5. The lowest BCUT2D eigenvalue weighted by Crippen LogP contribution is -2.48. The van der Waals surface area contributed by atoms with Crippen LogP contribution >= 0.6 is 0 Å². The van der Waals surface area contributed by atoms with Crippen molar-refractivity contribution in [3.63, 3.8) is 0 Å². The smallest absolute Gasteiger partial charge is 0.326 e. The van der Waals surface area contributed by atoms with Gasteiger partial charge in [0.15, 0.2) is 6.10 Å². The summed E-state index contributed by atoms with van der Waals surface area (Å²) in [7, 11) is 2.95. The molecule has 0 unspecified atom stereocenters. The predicted octanol–water partition coefficient (Wildman–Crippen LogP) is 2.01. The van der Waals surface area contributed by atoms with Crippen LogP contribution in [0.2, 0.25) is 0 Å². The van der Waals surface area contributed by atoms with Gasteiger partial charge in [0, 0.05) is 23.7 Å². The van der Waals surface area contributed by atoms with E-state index in [2.05, 4.69) is 5.32 Å². The lowest BCUT2D eigenvalue weighted by Gasteiger charge is -2.32. The van der Waals surface area contributed by atoms with E-state index in [-0.39, 0.29) is 30.1 Å². The van der Waals surface area contributed by atoms with Gasteiger partial charge in [0.1, 0.15) is 18.0 Å². The normalized spacial score (nSPS) is 11.8. The summed E-state index contributed by atoms with van der Waals surface area (Å²) in [6.45, 7) is 8.75. The Morgan fingerprint density at radius 1 is 0.929 bits per heavy atom. The summed E-state index contributed by atoms with van der Waals surface area (Å²) in [5, 5.41) is 2.47. The summed E-state index contributed by atoms with van der Waals surface area (Å²) in [4.78, 5) is 38.5. The van der Waals surface area contributed by atoms with Gasteiger partial charge in [-0.25, -0.2) is 0 Å². The molecule has 1 aromatic rings. The summed E-state index contributed by atoms with van der Waals surface area (Å²) in [6.07, 6.45) is -0.939. The predicted molar refractivity (Wildman–Crippen MR) is 105 cm³/mol. The largest absolute Gasteiger partial charge is 0.497 e. The Kier molecular flexibility index (Phi) is 8.76. The van der Waals surface area contributed by atoms with Crippen molar-refractivity contribution in [3.05, 3.63) is 23.8 Å². The zero-order chi connectivity index (χ0) is 21.4. The first-order valence-corrected chi connectivity index (χ1v) is 9.13. The highest BCUT2D eigenvalue weighted by molar-refractivity contribution is 5.97. The number of hydrogen-bond acceptors (Lipinski definition) is 6. The van der Waals surface area contributed by atoms with Crippen molar-refractivity contribution in [2.45, 2.75) is 52.8 Å². The van der Waals surface area contributed by atoms with Gasteiger partial charge in [0.05, 0.1) is 14.2 Å². The summed E-state index contributed by atoms with van der Waals surface area (Å²) in [5.74, 6) is -0.555. The average molecular weight is 394 g/mol. The SMILES string of the molecule is COc1cc(OC)cc(C(=O)NCC(=O)O[C@H](C)C(=O)N(C(C)C)C(C)C)c1. The molecule has 1 rings (SSSR count). The quantitative estimate of drug-likeness (QED) is 0.644. The van der Waals surface area contributed by atoms with E-state index in [0.717, 1.165) is 0 Å². The second-order valence-electron chi connectivity index (χ2n) is 6.85. The molecule has 0 fully saturated rings. The molecule has 1 N–H and O–H groups in total. The first-order valence-electron chi connectivity index (χ1n) is 9.13. The fourth-order valence-corrected chi connectivity index (χ4v) is 2.80. The fourth-order valence-electron chi connectivity index (χ4n) is 2.80. The number of carbonyl (C=O) groups excluding carboxylic acids is 3. The molecule has 0 bridgehead atoms. The molecule has 0 saturated carbocycles. The number of amides is 2. The molecule has 0 radical (unpaired) electrons. The maximum atomic E-state index is 12.5. The maximum absolute atomic E-state index is 12.5. The molecule has 8 heteroatoms. The highest BCUT2D eigenvalue weighted by atomic mass is 16.5. The monoisotopic (exact) mass is 394 g/mol. The second-order valence-corrected chi connectivity index (χ2v) is 6.85. The molecular weight excluding hydrogens is 364 g/mol. The van der Waals surface area contributed by atoms with Gasteiger partial charge in [-0.05, 0) is 46.8 Å². The minimum atomic E-state index is -0.939. The molecule has 1 atom stereocenters. The maximum Gasteiger partial charge on any atom is 0.326 e. The van der Waals surface area contributed by atoms with Crippen LogP contribution in [0.3, 0.4) is 0 Å². The Hall–Kier alpha value is -2.77. The van der Waals surface area contributed by atoms with Gasteiger partial charge in [0.25, 0.3) is 11.8 Å². The van der Waals surface area contributed by atoms with E-state index in [1.165, 1.54) is 33.3 Å². The highest BCUT2D eigenvalue weighted by Gasteiger charge is 2.27. The summed E-state index contributed by atoms with van der Waals surface area (Å²) >= 11 is 0. The van der Waals surface area contributed by atoms with Crippen molar-refractivity contribution < 1.29 is 28.6 Å². The van der Waals surface area contributed by atoms with Gasteiger partial charge in [-0.2, -0.15) is 0 Å². The lowest BCUT2D eigenvalue weighted by molar-refractivity contribution is -0.160. The van der Waals surface area contributed by atoms with Crippen molar-refractivity contribution in [1.29, 1.82) is 0 Å². The average Bonchev–Trinajstić information content (AvgIpc) is 2.64. The van der Waals surface area contributed by atoms with Crippen molar-refractivity contribution in [3.8, 4) is 11.5 Å². The summed E-state index contributed by atoms with van der Waals surface area (Å²) in [6, 6.07) is 4.65. The number of esters is 1. The molecule has 0 saturated heterocycles. The van der Waals surface area contributed by atoms with E-state index >= 15 is 0 Å². The van der Waals surface area contributed by atoms with Crippen LogP contribution in [0.4, 0.5) is 0 Å². The molecule has 8 nitrogen and oxygen atoms in total. The molecule has 0 aliphatic rings. The van der Waals surface area contributed by atoms with E-state index in [9.17, 15) is 14.4 Å². The standard InChI is InChI=1S/C20H30N2O6/c1-12(2)22(13(3)4)20(25)14(5)28-18(23)11-21-19(24)15-8-16(26-6)10-17(9-15)27-7/h8-10,12-14H,11H2,1-7H3,(H,21,24)/t14-/m1/s1. The van der Waals surface area contributed by atoms with E-state index in [1.807, 2.05) is 27.7 Å². The molecule has 1 aromatic carbocycles. The van der Waals surface area contributed by atoms with Crippen LogP contribution in [0.25, 0.3) is 0 Å². The third-order valence-electron chi connectivity index (χ3n) is 4.03. The van der Waals surface area contributed by atoms with Crippen molar-refractivity contribution >= 4 is 17.8 Å². The number of carbonyl (C=O) groups is 3. The zero-order valence-electron chi connectivity index (χ0n) is 17.6. The van der Waals surface area contributed by atoms with Crippen LogP contribution in [-0.2, 0) is 14.3 Å². The highest BCUT2D eigenvalue weighted by Crippen LogP contribution is 2.22. The van der Waals surface area contributed by atoms with Crippen molar-refractivity contribution in [2.24, 2.45) is 0 Å². The molecule has 2 amide bonds. The van der Waals surface area contributed by atoms with Crippen LogP contribution in [0.5, 0.6) is 11.5 Å². The Morgan fingerprint density at radius 3 is 1.86 bits per heavy atom. The van der Waals surface area contributed by atoms with Gasteiger partial charge >= 0.3 is 5.97 Å². The number of rotatable bonds is 9. The minimum absolute atomic E-state index is 0.0172. The van der Waals surface area contributed by atoms with Crippen LogP contribution in [0, 0.1) is 0 Å². The molecule has 0 spiro atoms. The molecular formula is C20H30N2O6. The van der Waals surface area contributed by atoms with Crippen LogP contribution in [-0.4, -0.2) is 61.6 Å².